The standard InChI is InChI=1S/C12H14BrN3O4S/c1-8-15-12(16-20-8)4-5-14-21(18,19)11-3-2-9(7-17)6-10(11)13/h2-3,6,14,17H,4-5,7H2,1H3. The lowest BCUT2D eigenvalue weighted by Gasteiger charge is -2.08. The zero-order valence-corrected chi connectivity index (χ0v) is 13.6. The maximum absolute atomic E-state index is 12.2. The SMILES string of the molecule is Cc1nc(CCNS(=O)(=O)c2ccc(CO)cc2Br)no1. The molecule has 0 aliphatic heterocycles. The Hall–Kier alpha value is -1.29. The Morgan fingerprint density at radius 1 is 1.43 bits per heavy atom. The van der Waals surface area contributed by atoms with E-state index in [1.165, 1.54) is 6.07 Å². The number of sulfonamides is 1. The third-order valence-electron chi connectivity index (χ3n) is 2.68. The maximum atomic E-state index is 12.2. The molecule has 1 heterocycles. The first-order valence-electron chi connectivity index (χ1n) is 6.10. The van der Waals surface area contributed by atoms with Crippen LogP contribution in [0.3, 0.4) is 0 Å². The summed E-state index contributed by atoms with van der Waals surface area (Å²) in [4.78, 5) is 4.11. The molecule has 114 valence electrons. The first kappa shape index (κ1) is 16.1. The van der Waals surface area contributed by atoms with E-state index in [1.807, 2.05) is 0 Å². The summed E-state index contributed by atoms with van der Waals surface area (Å²) in [6.07, 6.45) is 0.336. The Labute approximate surface area is 130 Å². The van der Waals surface area contributed by atoms with Crippen LogP contribution in [0.1, 0.15) is 17.3 Å². The van der Waals surface area contributed by atoms with Gasteiger partial charge in [0.1, 0.15) is 0 Å². The molecule has 2 N–H and O–H groups in total. The third kappa shape index (κ3) is 4.10. The van der Waals surface area contributed by atoms with Crippen molar-refractivity contribution in [2.75, 3.05) is 6.54 Å². The Kier molecular flexibility index (Phi) is 5.09. The van der Waals surface area contributed by atoms with Crippen molar-refractivity contribution in [2.24, 2.45) is 0 Å². The zero-order chi connectivity index (χ0) is 15.5. The molecule has 0 aliphatic rings. The number of halogens is 1. The summed E-state index contributed by atoms with van der Waals surface area (Å²) in [7, 11) is -3.64. The second kappa shape index (κ2) is 6.65. The Balaban J connectivity index is 2.04. The average Bonchev–Trinajstić information content (AvgIpc) is 2.83. The minimum Gasteiger partial charge on any atom is -0.392 e. The summed E-state index contributed by atoms with van der Waals surface area (Å²) < 4.78 is 32.0. The van der Waals surface area contributed by atoms with Gasteiger partial charge in [0, 0.05) is 24.4 Å². The van der Waals surface area contributed by atoms with E-state index in [4.69, 9.17) is 9.63 Å². The second-order valence-corrected chi connectivity index (χ2v) is 6.89. The number of nitrogens with zero attached hydrogens (tertiary/aromatic N) is 2. The first-order chi connectivity index (χ1) is 9.92. The summed E-state index contributed by atoms with van der Waals surface area (Å²) in [6.45, 7) is 1.68. The smallest absolute Gasteiger partial charge is 0.241 e. The fourth-order valence-corrected chi connectivity index (χ4v) is 3.83. The van der Waals surface area contributed by atoms with Gasteiger partial charge in [-0.15, -0.1) is 0 Å². The van der Waals surface area contributed by atoms with E-state index < -0.39 is 10.0 Å². The molecule has 0 fully saturated rings. The lowest BCUT2D eigenvalue weighted by molar-refractivity contribution is 0.281. The second-order valence-electron chi connectivity index (χ2n) is 4.30. The average molecular weight is 376 g/mol. The van der Waals surface area contributed by atoms with Gasteiger partial charge in [-0.2, -0.15) is 4.98 Å². The number of hydrogen-bond acceptors (Lipinski definition) is 6. The van der Waals surface area contributed by atoms with Crippen molar-refractivity contribution in [1.29, 1.82) is 0 Å². The Morgan fingerprint density at radius 3 is 2.76 bits per heavy atom. The molecule has 0 unspecified atom stereocenters. The van der Waals surface area contributed by atoms with Gasteiger partial charge in [-0.05, 0) is 33.6 Å². The topological polar surface area (TPSA) is 105 Å². The summed E-state index contributed by atoms with van der Waals surface area (Å²) in [6, 6.07) is 4.56. The first-order valence-corrected chi connectivity index (χ1v) is 8.38. The van der Waals surface area contributed by atoms with E-state index in [-0.39, 0.29) is 18.0 Å². The molecule has 1 aromatic carbocycles. The minimum atomic E-state index is -3.64. The fourth-order valence-electron chi connectivity index (χ4n) is 1.68. The van der Waals surface area contributed by atoms with E-state index in [2.05, 4.69) is 30.8 Å². The van der Waals surface area contributed by atoms with Crippen molar-refractivity contribution in [1.82, 2.24) is 14.9 Å². The largest absolute Gasteiger partial charge is 0.392 e. The van der Waals surface area contributed by atoms with Gasteiger partial charge >= 0.3 is 0 Å². The molecule has 21 heavy (non-hydrogen) atoms. The highest BCUT2D eigenvalue weighted by Crippen LogP contribution is 2.23. The van der Waals surface area contributed by atoms with Crippen LogP contribution >= 0.6 is 15.9 Å². The quantitative estimate of drug-likeness (QED) is 0.784. The van der Waals surface area contributed by atoms with E-state index in [9.17, 15) is 8.42 Å². The van der Waals surface area contributed by atoms with E-state index in [0.717, 1.165) is 0 Å². The molecular weight excluding hydrogens is 362 g/mol. The van der Waals surface area contributed by atoms with Crippen LogP contribution in [0.5, 0.6) is 0 Å². The van der Waals surface area contributed by atoms with Crippen LogP contribution in [0.15, 0.2) is 32.1 Å². The van der Waals surface area contributed by atoms with Crippen LogP contribution in [0.4, 0.5) is 0 Å². The predicted octanol–water partition coefficient (Wildman–Crippen LogP) is 1.15. The number of aliphatic hydroxyl groups is 1. The van der Waals surface area contributed by atoms with Crippen molar-refractivity contribution < 1.29 is 18.0 Å². The molecule has 0 aliphatic carbocycles. The van der Waals surface area contributed by atoms with Crippen molar-refractivity contribution in [2.45, 2.75) is 24.8 Å². The van der Waals surface area contributed by atoms with Crippen LogP contribution < -0.4 is 4.72 Å². The molecule has 0 saturated heterocycles. The van der Waals surface area contributed by atoms with Gasteiger partial charge in [-0.3, -0.25) is 0 Å². The number of nitrogens with one attached hydrogen (secondary N) is 1. The van der Waals surface area contributed by atoms with Gasteiger partial charge in [0.05, 0.1) is 11.5 Å². The van der Waals surface area contributed by atoms with Crippen LogP contribution in [0, 0.1) is 6.92 Å². The number of hydrogen-bond donors (Lipinski definition) is 2. The Bertz CT molecular complexity index is 730. The number of rotatable bonds is 6. The highest BCUT2D eigenvalue weighted by atomic mass is 79.9. The molecular formula is C12H14BrN3O4S. The molecule has 0 spiro atoms. The van der Waals surface area contributed by atoms with Crippen LogP contribution in [0.25, 0.3) is 0 Å². The number of aromatic nitrogens is 2. The summed E-state index contributed by atoms with van der Waals surface area (Å²) >= 11 is 3.19. The zero-order valence-electron chi connectivity index (χ0n) is 11.2. The van der Waals surface area contributed by atoms with E-state index in [1.54, 1.807) is 19.1 Å². The third-order valence-corrected chi connectivity index (χ3v) is 5.12. The van der Waals surface area contributed by atoms with Crippen LogP contribution in [0.2, 0.25) is 0 Å². The minimum absolute atomic E-state index is 0.115. The molecule has 9 heteroatoms. The van der Waals surface area contributed by atoms with Gasteiger partial charge < -0.3 is 9.63 Å². The van der Waals surface area contributed by atoms with Crippen LogP contribution in [-0.4, -0.2) is 30.2 Å². The molecule has 7 nitrogen and oxygen atoms in total. The van der Waals surface area contributed by atoms with Gasteiger partial charge in [-0.25, -0.2) is 13.1 Å². The van der Waals surface area contributed by atoms with Gasteiger partial charge in [0.2, 0.25) is 15.9 Å². The molecule has 0 saturated carbocycles. The molecule has 0 radical (unpaired) electrons. The molecule has 0 bridgehead atoms. The summed E-state index contributed by atoms with van der Waals surface area (Å²) in [5, 5.41) is 12.7. The lowest BCUT2D eigenvalue weighted by Crippen LogP contribution is -2.26. The number of benzene rings is 1. The molecule has 2 aromatic rings. The van der Waals surface area contributed by atoms with Crippen molar-refractivity contribution in [3.05, 3.63) is 40.0 Å². The molecule has 1 aromatic heterocycles. The van der Waals surface area contributed by atoms with Gasteiger partial charge in [-0.1, -0.05) is 11.2 Å². The normalized spacial score (nSPS) is 11.8. The summed E-state index contributed by atoms with van der Waals surface area (Å²) in [5.41, 5.74) is 0.628. The maximum Gasteiger partial charge on any atom is 0.241 e. The monoisotopic (exact) mass is 375 g/mol. The lowest BCUT2D eigenvalue weighted by atomic mass is 10.2. The van der Waals surface area contributed by atoms with Crippen LogP contribution in [-0.2, 0) is 23.1 Å². The number of aryl methyl sites for hydroxylation is 1. The number of aliphatic hydroxyl groups excluding tert-OH is 1. The molecule has 0 atom stereocenters. The van der Waals surface area contributed by atoms with Gasteiger partial charge in [0.15, 0.2) is 5.82 Å². The van der Waals surface area contributed by atoms with Crippen molar-refractivity contribution in [3.63, 3.8) is 0 Å². The Morgan fingerprint density at radius 2 is 2.19 bits per heavy atom. The summed E-state index contributed by atoms with van der Waals surface area (Å²) in [5.74, 6) is 0.889. The van der Waals surface area contributed by atoms with E-state index in [0.29, 0.717) is 28.2 Å². The van der Waals surface area contributed by atoms with E-state index >= 15 is 0 Å². The highest BCUT2D eigenvalue weighted by Gasteiger charge is 2.17. The fraction of sp³-hybridized carbons (Fsp3) is 0.333. The molecule has 0 amide bonds. The van der Waals surface area contributed by atoms with Crippen molar-refractivity contribution in [3.8, 4) is 0 Å². The predicted molar refractivity (Wildman–Crippen MR) is 78.0 cm³/mol. The van der Waals surface area contributed by atoms with Crippen molar-refractivity contribution >= 4 is 26.0 Å². The van der Waals surface area contributed by atoms with Gasteiger partial charge in [0.25, 0.3) is 0 Å². The molecule has 2 rings (SSSR count). The highest BCUT2D eigenvalue weighted by molar-refractivity contribution is 9.10.